The van der Waals surface area contributed by atoms with Gasteiger partial charge >= 0.3 is 0 Å². The Balaban J connectivity index is 2.28. The number of hydrogen-bond donors (Lipinski definition) is 1. The molecule has 2 aromatic rings. The van der Waals surface area contributed by atoms with E-state index in [0.717, 1.165) is 16.7 Å². The quantitative estimate of drug-likeness (QED) is 0.864. The van der Waals surface area contributed by atoms with Gasteiger partial charge in [0, 0.05) is 19.2 Å². The fourth-order valence-corrected chi connectivity index (χ4v) is 3.05. The third kappa shape index (κ3) is 4.91. The number of likely N-dealkylation sites (N-methyl/N-ethyl adjacent to an activating group) is 1. The van der Waals surface area contributed by atoms with Crippen molar-refractivity contribution in [2.45, 2.75) is 39.8 Å². The second-order valence-electron chi connectivity index (χ2n) is 6.58. The maximum absolute atomic E-state index is 14.1. The van der Waals surface area contributed by atoms with Crippen LogP contribution in [0.3, 0.4) is 0 Å². The van der Waals surface area contributed by atoms with Gasteiger partial charge in [0.05, 0.1) is 6.42 Å². The van der Waals surface area contributed by atoms with Crippen LogP contribution in [0.15, 0.2) is 42.5 Å². The van der Waals surface area contributed by atoms with Gasteiger partial charge in [-0.1, -0.05) is 47.5 Å². The Bertz CT molecular complexity index is 784. The van der Waals surface area contributed by atoms with Crippen LogP contribution >= 0.6 is 0 Å². The van der Waals surface area contributed by atoms with E-state index in [1.54, 1.807) is 25.1 Å². The second kappa shape index (κ2) is 8.61. The van der Waals surface area contributed by atoms with Crippen molar-refractivity contribution in [1.82, 2.24) is 10.2 Å². The molecule has 0 saturated carbocycles. The summed E-state index contributed by atoms with van der Waals surface area (Å²) in [6.07, 6.45) is 0.165. The molecule has 0 aliphatic carbocycles. The van der Waals surface area contributed by atoms with Gasteiger partial charge in [-0.3, -0.25) is 9.59 Å². The van der Waals surface area contributed by atoms with Gasteiger partial charge in [-0.2, -0.15) is 0 Å². The lowest BCUT2D eigenvalue weighted by molar-refractivity contribution is -0.139. The minimum Gasteiger partial charge on any atom is -0.357 e. The molecule has 0 aliphatic rings. The lowest BCUT2D eigenvalue weighted by Gasteiger charge is -2.28. The SMILES string of the molecule is CNC(=O)[C@@H](C)N(Cc1ccccc1F)C(=O)Cc1cc(C)cc(C)c1. The van der Waals surface area contributed by atoms with E-state index in [1.807, 2.05) is 32.0 Å². The zero-order valence-electron chi connectivity index (χ0n) is 15.7. The Morgan fingerprint density at radius 3 is 2.31 bits per heavy atom. The van der Waals surface area contributed by atoms with Crippen LogP contribution in [0.5, 0.6) is 0 Å². The van der Waals surface area contributed by atoms with E-state index in [0.29, 0.717) is 5.56 Å². The average molecular weight is 356 g/mol. The number of nitrogens with zero attached hydrogens (tertiary/aromatic N) is 1. The Morgan fingerprint density at radius 2 is 1.73 bits per heavy atom. The number of carbonyl (C=O) groups is 2. The van der Waals surface area contributed by atoms with Gasteiger partial charge in [0.25, 0.3) is 0 Å². The molecule has 0 aromatic heterocycles. The Hall–Kier alpha value is -2.69. The highest BCUT2D eigenvalue weighted by atomic mass is 19.1. The molecule has 4 nitrogen and oxygen atoms in total. The van der Waals surface area contributed by atoms with Crippen LogP contribution in [0.2, 0.25) is 0 Å². The standard InChI is InChI=1S/C21H25FN2O2/c1-14-9-15(2)11-17(10-14)12-20(25)24(16(3)21(26)23-4)13-18-7-5-6-8-19(18)22/h5-11,16H,12-13H2,1-4H3,(H,23,26)/t16-/m1/s1. The molecule has 0 unspecified atom stereocenters. The number of halogens is 1. The van der Waals surface area contributed by atoms with Crippen LogP contribution in [-0.4, -0.2) is 29.8 Å². The lowest BCUT2D eigenvalue weighted by Crippen LogP contribution is -2.47. The Morgan fingerprint density at radius 1 is 1.12 bits per heavy atom. The van der Waals surface area contributed by atoms with Crippen LogP contribution < -0.4 is 5.32 Å². The summed E-state index contributed by atoms with van der Waals surface area (Å²) < 4.78 is 14.1. The van der Waals surface area contributed by atoms with Crippen LogP contribution in [0, 0.1) is 19.7 Å². The third-order valence-electron chi connectivity index (χ3n) is 4.35. The zero-order valence-corrected chi connectivity index (χ0v) is 15.7. The van der Waals surface area contributed by atoms with Gasteiger partial charge in [0.2, 0.25) is 11.8 Å². The molecule has 2 aromatic carbocycles. The summed E-state index contributed by atoms with van der Waals surface area (Å²) in [4.78, 5) is 26.5. The summed E-state index contributed by atoms with van der Waals surface area (Å²) in [6.45, 7) is 5.65. The maximum atomic E-state index is 14.1. The van der Waals surface area contributed by atoms with E-state index >= 15 is 0 Å². The first-order valence-electron chi connectivity index (χ1n) is 8.63. The highest BCUT2D eigenvalue weighted by Gasteiger charge is 2.26. The molecule has 0 radical (unpaired) electrons. The molecule has 138 valence electrons. The number of nitrogens with one attached hydrogen (secondary N) is 1. The minimum atomic E-state index is -0.696. The summed E-state index contributed by atoms with van der Waals surface area (Å²) in [5, 5.41) is 2.56. The van der Waals surface area contributed by atoms with Gasteiger partial charge in [0.1, 0.15) is 11.9 Å². The van der Waals surface area contributed by atoms with Crippen molar-refractivity contribution in [2.75, 3.05) is 7.05 Å². The van der Waals surface area contributed by atoms with Crippen molar-refractivity contribution in [1.29, 1.82) is 0 Å². The molecule has 5 heteroatoms. The molecule has 0 spiro atoms. The van der Waals surface area contributed by atoms with E-state index in [4.69, 9.17) is 0 Å². The zero-order chi connectivity index (χ0) is 19.3. The normalized spacial score (nSPS) is 11.7. The molecule has 1 N–H and O–H groups in total. The number of benzene rings is 2. The molecule has 0 saturated heterocycles. The Labute approximate surface area is 154 Å². The molecule has 26 heavy (non-hydrogen) atoms. The van der Waals surface area contributed by atoms with Crippen molar-refractivity contribution >= 4 is 11.8 Å². The predicted octanol–water partition coefficient (Wildman–Crippen LogP) is 3.15. The van der Waals surface area contributed by atoms with Gasteiger partial charge in [0.15, 0.2) is 0 Å². The van der Waals surface area contributed by atoms with Crippen molar-refractivity contribution in [3.63, 3.8) is 0 Å². The van der Waals surface area contributed by atoms with E-state index in [2.05, 4.69) is 5.32 Å². The molecule has 2 rings (SSSR count). The van der Waals surface area contributed by atoms with Crippen molar-refractivity contribution in [2.24, 2.45) is 0 Å². The van der Waals surface area contributed by atoms with E-state index in [1.165, 1.54) is 18.0 Å². The van der Waals surface area contributed by atoms with Crippen LogP contribution in [0.1, 0.15) is 29.2 Å². The monoisotopic (exact) mass is 356 g/mol. The highest BCUT2D eigenvalue weighted by Crippen LogP contribution is 2.16. The predicted molar refractivity (Wildman–Crippen MR) is 100 cm³/mol. The summed E-state index contributed by atoms with van der Waals surface area (Å²) in [7, 11) is 1.52. The van der Waals surface area contributed by atoms with E-state index in [9.17, 15) is 14.0 Å². The van der Waals surface area contributed by atoms with E-state index in [-0.39, 0.29) is 30.6 Å². The van der Waals surface area contributed by atoms with Crippen LogP contribution in [-0.2, 0) is 22.6 Å². The molecule has 0 aliphatic heterocycles. The van der Waals surface area contributed by atoms with Gasteiger partial charge in [-0.05, 0) is 32.4 Å². The third-order valence-corrected chi connectivity index (χ3v) is 4.35. The fourth-order valence-electron chi connectivity index (χ4n) is 3.05. The number of rotatable bonds is 6. The van der Waals surface area contributed by atoms with Gasteiger partial charge in [-0.25, -0.2) is 4.39 Å². The van der Waals surface area contributed by atoms with Crippen molar-refractivity contribution < 1.29 is 14.0 Å². The number of hydrogen-bond acceptors (Lipinski definition) is 2. The van der Waals surface area contributed by atoms with Gasteiger partial charge in [-0.15, -0.1) is 0 Å². The highest BCUT2D eigenvalue weighted by molar-refractivity contribution is 5.88. The first-order valence-corrected chi connectivity index (χ1v) is 8.63. The molecule has 0 heterocycles. The van der Waals surface area contributed by atoms with Crippen LogP contribution in [0.4, 0.5) is 4.39 Å². The summed E-state index contributed by atoms with van der Waals surface area (Å²) in [5.74, 6) is -0.884. The topological polar surface area (TPSA) is 49.4 Å². The van der Waals surface area contributed by atoms with Crippen molar-refractivity contribution in [3.05, 3.63) is 70.5 Å². The number of aryl methyl sites for hydroxylation is 2. The van der Waals surface area contributed by atoms with Gasteiger partial charge < -0.3 is 10.2 Å². The smallest absolute Gasteiger partial charge is 0.242 e. The van der Waals surface area contributed by atoms with E-state index < -0.39 is 6.04 Å². The average Bonchev–Trinajstić information content (AvgIpc) is 2.58. The second-order valence-corrected chi connectivity index (χ2v) is 6.58. The number of amides is 2. The fraction of sp³-hybridized carbons (Fsp3) is 0.333. The lowest BCUT2D eigenvalue weighted by atomic mass is 10.0. The molecular weight excluding hydrogens is 331 g/mol. The molecule has 0 bridgehead atoms. The summed E-state index contributed by atoms with van der Waals surface area (Å²) >= 11 is 0. The first-order chi connectivity index (χ1) is 12.3. The molecule has 1 atom stereocenters. The van der Waals surface area contributed by atoms with Crippen molar-refractivity contribution in [3.8, 4) is 0 Å². The maximum Gasteiger partial charge on any atom is 0.242 e. The molecule has 0 fully saturated rings. The first kappa shape index (κ1) is 19.6. The Kier molecular flexibility index (Phi) is 6.50. The molecule has 2 amide bonds. The number of carbonyl (C=O) groups excluding carboxylic acids is 2. The van der Waals surface area contributed by atoms with Crippen LogP contribution in [0.25, 0.3) is 0 Å². The summed E-state index contributed by atoms with van der Waals surface area (Å²) in [5.41, 5.74) is 3.42. The molecular formula is C21H25FN2O2. The largest absolute Gasteiger partial charge is 0.357 e. The minimum absolute atomic E-state index is 0.0465. The summed E-state index contributed by atoms with van der Waals surface area (Å²) in [6, 6.07) is 11.6.